The number of fused-ring (bicyclic) bond motifs is 1. The summed E-state index contributed by atoms with van der Waals surface area (Å²) in [4.78, 5) is 20.2. The molecule has 1 amide bonds. The highest BCUT2D eigenvalue weighted by molar-refractivity contribution is 6.00. The molecule has 0 aromatic heterocycles. The van der Waals surface area contributed by atoms with Crippen molar-refractivity contribution in [2.45, 2.75) is 25.4 Å². The maximum absolute atomic E-state index is 13.5. The Kier molecular flexibility index (Phi) is 6.37. The lowest BCUT2D eigenvalue weighted by Crippen LogP contribution is -2.44. The third kappa shape index (κ3) is 4.09. The molecule has 0 aliphatic carbocycles. The molecule has 0 bridgehead atoms. The maximum atomic E-state index is 13.5. The highest BCUT2D eigenvalue weighted by atomic mass is 16.5. The van der Waals surface area contributed by atoms with Crippen LogP contribution in [0.5, 0.6) is 11.5 Å². The minimum atomic E-state index is -0.0578. The molecule has 6 nitrogen and oxygen atoms in total. The van der Waals surface area contributed by atoms with Crippen LogP contribution in [0.1, 0.15) is 40.4 Å². The van der Waals surface area contributed by atoms with E-state index in [1.54, 1.807) is 14.2 Å². The number of anilines is 1. The molecule has 1 fully saturated rings. The summed E-state index contributed by atoms with van der Waals surface area (Å²) in [7, 11) is 5.42. The molecular weight excluding hydrogens is 390 g/mol. The van der Waals surface area contributed by atoms with Crippen LogP contribution in [0.15, 0.2) is 36.4 Å². The fourth-order valence-electron chi connectivity index (χ4n) is 4.69. The molecule has 2 aromatic rings. The lowest BCUT2D eigenvalue weighted by Gasteiger charge is -2.35. The van der Waals surface area contributed by atoms with Gasteiger partial charge in [0.15, 0.2) is 11.5 Å². The molecule has 165 valence electrons. The summed E-state index contributed by atoms with van der Waals surface area (Å²) in [6, 6.07) is 12.0. The van der Waals surface area contributed by atoms with Crippen molar-refractivity contribution < 1.29 is 14.3 Å². The van der Waals surface area contributed by atoms with Crippen LogP contribution >= 0.6 is 0 Å². The average Bonchev–Trinajstić information content (AvgIpc) is 3.14. The van der Waals surface area contributed by atoms with Crippen molar-refractivity contribution in [3.63, 3.8) is 0 Å². The first-order valence-corrected chi connectivity index (χ1v) is 10.9. The number of ether oxygens (including phenoxy) is 2. The molecule has 0 unspecified atom stereocenters. The standard InChI is InChI=1S/C25H32N3O3/c1-5-7-21(18-10-11-23(30-3)24(16-18)31-4)28-17-20-19(25(28)29)8-6-9-22(20)27-14-12-26(2)13-15-27/h6,8-11,16,21H,1,5,7,12-15,17H2,2-4H3/t21-/m1/s1. The number of hydrogen-bond donors (Lipinski definition) is 0. The van der Waals surface area contributed by atoms with Gasteiger partial charge in [-0.05, 0) is 43.3 Å². The molecule has 2 aromatic carbocycles. The Morgan fingerprint density at radius 1 is 1.03 bits per heavy atom. The first-order valence-electron chi connectivity index (χ1n) is 10.9. The number of methoxy groups -OCH3 is 2. The molecule has 1 saturated heterocycles. The van der Waals surface area contributed by atoms with E-state index in [-0.39, 0.29) is 11.9 Å². The van der Waals surface area contributed by atoms with Crippen LogP contribution in [0.4, 0.5) is 5.69 Å². The number of nitrogens with zero attached hydrogens (tertiary/aromatic N) is 3. The first kappa shape index (κ1) is 21.5. The Hall–Kier alpha value is -2.73. The van der Waals surface area contributed by atoms with Gasteiger partial charge in [0.2, 0.25) is 0 Å². The second-order valence-corrected chi connectivity index (χ2v) is 8.30. The van der Waals surface area contributed by atoms with E-state index in [1.165, 1.54) is 5.69 Å². The van der Waals surface area contributed by atoms with Crippen LogP contribution in [0, 0.1) is 6.92 Å². The molecular formula is C25H32N3O3. The van der Waals surface area contributed by atoms with Crippen molar-refractivity contribution in [1.29, 1.82) is 0 Å². The van der Waals surface area contributed by atoms with Crippen molar-refractivity contribution in [1.82, 2.24) is 9.80 Å². The molecule has 0 spiro atoms. The van der Waals surface area contributed by atoms with Gasteiger partial charge in [0.1, 0.15) is 0 Å². The lowest BCUT2D eigenvalue weighted by atomic mass is 10.00. The Morgan fingerprint density at radius 3 is 2.45 bits per heavy atom. The smallest absolute Gasteiger partial charge is 0.255 e. The minimum absolute atomic E-state index is 0.0578. The summed E-state index contributed by atoms with van der Waals surface area (Å²) in [5, 5.41) is 0. The van der Waals surface area contributed by atoms with Gasteiger partial charge >= 0.3 is 0 Å². The normalized spacial score (nSPS) is 17.6. The zero-order valence-electron chi connectivity index (χ0n) is 18.8. The van der Waals surface area contributed by atoms with Crippen molar-refractivity contribution in [2.75, 3.05) is 52.3 Å². The van der Waals surface area contributed by atoms with Crippen molar-refractivity contribution in [3.05, 3.63) is 60.0 Å². The lowest BCUT2D eigenvalue weighted by molar-refractivity contribution is 0.0692. The van der Waals surface area contributed by atoms with Crippen LogP contribution in [0.3, 0.4) is 0 Å². The fourth-order valence-corrected chi connectivity index (χ4v) is 4.69. The monoisotopic (exact) mass is 422 g/mol. The molecule has 1 radical (unpaired) electrons. The van der Waals surface area contributed by atoms with Crippen LogP contribution in [0.25, 0.3) is 0 Å². The summed E-state index contributed by atoms with van der Waals surface area (Å²) >= 11 is 0. The Labute approximate surface area is 185 Å². The van der Waals surface area contributed by atoms with E-state index in [9.17, 15) is 4.79 Å². The van der Waals surface area contributed by atoms with Crippen LogP contribution < -0.4 is 14.4 Å². The van der Waals surface area contributed by atoms with Crippen molar-refractivity contribution in [2.24, 2.45) is 0 Å². The van der Waals surface area contributed by atoms with Gasteiger partial charge in [-0.1, -0.05) is 25.5 Å². The van der Waals surface area contributed by atoms with Gasteiger partial charge in [-0.2, -0.15) is 0 Å². The van der Waals surface area contributed by atoms with Gasteiger partial charge in [-0.25, -0.2) is 0 Å². The number of carbonyl (C=O) groups is 1. The molecule has 2 aliphatic heterocycles. The molecule has 2 aliphatic rings. The first-order chi connectivity index (χ1) is 15.1. The number of piperazine rings is 1. The van der Waals surface area contributed by atoms with Gasteiger partial charge in [-0.3, -0.25) is 4.79 Å². The van der Waals surface area contributed by atoms with E-state index in [0.29, 0.717) is 18.0 Å². The number of likely N-dealkylation sites (N-methyl/N-ethyl adjacent to an activating group) is 1. The molecule has 6 heteroatoms. The molecule has 1 atom stereocenters. The topological polar surface area (TPSA) is 45.3 Å². The third-order valence-electron chi connectivity index (χ3n) is 6.46. The Balaban J connectivity index is 1.65. The van der Waals surface area contributed by atoms with Crippen molar-refractivity contribution >= 4 is 11.6 Å². The second-order valence-electron chi connectivity index (χ2n) is 8.30. The number of hydrogen-bond acceptors (Lipinski definition) is 5. The van der Waals surface area contributed by atoms with E-state index < -0.39 is 0 Å². The van der Waals surface area contributed by atoms with E-state index in [4.69, 9.17) is 9.47 Å². The largest absolute Gasteiger partial charge is 0.493 e. The minimum Gasteiger partial charge on any atom is -0.493 e. The van der Waals surface area contributed by atoms with Gasteiger partial charge in [-0.15, -0.1) is 0 Å². The number of carbonyl (C=O) groups excluding carboxylic acids is 1. The van der Waals surface area contributed by atoms with E-state index in [0.717, 1.165) is 55.7 Å². The van der Waals surface area contributed by atoms with Crippen LogP contribution in [0.2, 0.25) is 0 Å². The van der Waals surface area contributed by atoms with E-state index in [2.05, 4.69) is 29.8 Å². The fraction of sp³-hybridized carbons (Fsp3) is 0.440. The van der Waals surface area contributed by atoms with Gasteiger partial charge in [0.05, 0.1) is 20.3 Å². The summed E-state index contributed by atoms with van der Waals surface area (Å²) in [5.74, 6) is 1.46. The van der Waals surface area contributed by atoms with Gasteiger partial charge in [0, 0.05) is 49.5 Å². The van der Waals surface area contributed by atoms with Crippen LogP contribution in [-0.2, 0) is 6.54 Å². The number of benzene rings is 2. The Bertz CT molecular complexity index is 938. The highest BCUT2D eigenvalue weighted by Crippen LogP contribution is 2.40. The van der Waals surface area contributed by atoms with E-state index in [1.807, 2.05) is 35.2 Å². The van der Waals surface area contributed by atoms with Gasteiger partial charge < -0.3 is 24.2 Å². The third-order valence-corrected chi connectivity index (χ3v) is 6.46. The summed E-state index contributed by atoms with van der Waals surface area (Å²) in [6.07, 6.45) is 1.53. The number of amides is 1. The zero-order chi connectivity index (χ0) is 22.0. The van der Waals surface area contributed by atoms with Gasteiger partial charge in [0.25, 0.3) is 5.91 Å². The average molecular weight is 423 g/mol. The highest BCUT2D eigenvalue weighted by Gasteiger charge is 2.36. The number of rotatable bonds is 7. The quantitative estimate of drug-likeness (QED) is 0.680. The molecule has 31 heavy (non-hydrogen) atoms. The summed E-state index contributed by atoms with van der Waals surface area (Å²) in [6.45, 7) is 8.73. The molecule has 2 heterocycles. The SMILES string of the molecule is [CH2]CC[C@H](c1ccc(OC)c(OC)c1)N1Cc2c(cccc2N2CCN(C)CC2)C1=O. The second kappa shape index (κ2) is 9.18. The molecule has 4 rings (SSSR count). The van der Waals surface area contributed by atoms with Crippen molar-refractivity contribution in [3.8, 4) is 11.5 Å². The molecule has 0 saturated carbocycles. The summed E-state index contributed by atoms with van der Waals surface area (Å²) < 4.78 is 10.9. The van der Waals surface area contributed by atoms with Crippen LogP contribution in [-0.4, -0.2) is 63.2 Å². The summed E-state index contributed by atoms with van der Waals surface area (Å²) in [5.41, 5.74) is 4.21. The maximum Gasteiger partial charge on any atom is 0.255 e. The predicted molar refractivity (Wildman–Crippen MR) is 123 cm³/mol. The molecule has 0 N–H and O–H groups in total. The predicted octanol–water partition coefficient (Wildman–Crippen LogP) is 3.77. The van der Waals surface area contributed by atoms with E-state index >= 15 is 0 Å². The zero-order valence-corrected chi connectivity index (χ0v) is 18.8. The Morgan fingerprint density at radius 2 is 1.77 bits per heavy atom.